The summed E-state index contributed by atoms with van der Waals surface area (Å²) in [5.41, 5.74) is -6.57. The van der Waals surface area contributed by atoms with Crippen molar-refractivity contribution in [2.75, 3.05) is 11.1 Å². The van der Waals surface area contributed by atoms with Gasteiger partial charge in [0, 0.05) is 11.3 Å². The van der Waals surface area contributed by atoms with E-state index in [9.17, 15) is 44.7 Å². The van der Waals surface area contributed by atoms with Crippen molar-refractivity contribution in [1.82, 2.24) is 10.2 Å². The van der Waals surface area contributed by atoms with Crippen molar-refractivity contribution < 1.29 is 44.7 Å². The van der Waals surface area contributed by atoms with E-state index in [1.165, 1.54) is 12.1 Å². The third-order valence-corrected chi connectivity index (χ3v) is 6.68. The number of aliphatic hydroxyl groups is 1. The maximum atomic E-state index is 12.9. The first kappa shape index (κ1) is 24.9. The van der Waals surface area contributed by atoms with Gasteiger partial charge < -0.3 is 10.4 Å². The molecule has 1 heterocycles. The van der Waals surface area contributed by atoms with E-state index >= 15 is 0 Å². The molecule has 1 aliphatic rings. The van der Waals surface area contributed by atoms with Crippen molar-refractivity contribution in [2.24, 2.45) is 5.92 Å². The zero-order valence-electron chi connectivity index (χ0n) is 16.6. The van der Waals surface area contributed by atoms with Crippen LogP contribution in [0.3, 0.4) is 0 Å². The maximum absolute atomic E-state index is 12.9. The summed E-state index contributed by atoms with van der Waals surface area (Å²) in [6.45, 7) is 0. The highest BCUT2D eigenvalue weighted by molar-refractivity contribution is 7.91. The Morgan fingerprint density at radius 1 is 0.970 bits per heavy atom. The topological polar surface area (TPSA) is 109 Å². The number of halogens is 6. The van der Waals surface area contributed by atoms with Crippen LogP contribution in [0.5, 0.6) is 0 Å². The third kappa shape index (κ3) is 5.43. The molecule has 0 unspecified atom stereocenters. The first-order valence-electron chi connectivity index (χ1n) is 9.45. The predicted octanol–water partition coefficient (Wildman–Crippen LogP) is 3.15. The van der Waals surface area contributed by atoms with Gasteiger partial charge in [0.25, 0.3) is 5.60 Å². The summed E-state index contributed by atoms with van der Waals surface area (Å²) in [6, 6.07) is 4.83. The smallest absolute Gasteiger partial charge is 0.369 e. The molecular weight excluding hydrogens is 480 g/mol. The summed E-state index contributed by atoms with van der Waals surface area (Å²) >= 11 is 0. The second-order valence-electron chi connectivity index (χ2n) is 7.60. The fourth-order valence-corrected chi connectivity index (χ4v) is 4.51. The normalized spacial score (nSPS) is 15.4. The Hall–Kier alpha value is -2.74. The van der Waals surface area contributed by atoms with Crippen LogP contribution in [0, 0.1) is 5.92 Å². The Morgan fingerprint density at radius 3 is 2.00 bits per heavy atom. The molecule has 0 bridgehead atoms. The number of carbonyl (C=O) groups excluding carboxylic acids is 1. The SMILES string of the molecule is O=C(Cc1ccc(S(=O)(=O)CC2CC2)nn1)Nc1ccc(C(O)(C(F)(F)F)C(F)(F)F)cc1. The molecule has 1 aromatic carbocycles. The van der Waals surface area contributed by atoms with E-state index in [0.29, 0.717) is 12.1 Å². The summed E-state index contributed by atoms with van der Waals surface area (Å²) in [7, 11) is -3.58. The lowest BCUT2D eigenvalue weighted by molar-refractivity contribution is -0.376. The number of anilines is 1. The number of benzene rings is 1. The van der Waals surface area contributed by atoms with E-state index in [2.05, 4.69) is 15.5 Å². The zero-order chi connectivity index (χ0) is 24.7. The predicted molar refractivity (Wildman–Crippen MR) is 102 cm³/mol. The zero-order valence-corrected chi connectivity index (χ0v) is 17.4. The minimum Gasteiger partial charge on any atom is -0.369 e. The monoisotopic (exact) mass is 497 g/mol. The summed E-state index contributed by atoms with van der Waals surface area (Å²) in [6.07, 6.45) is -10.8. The van der Waals surface area contributed by atoms with Gasteiger partial charge in [-0.05, 0) is 43.0 Å². The molecular formula is C19H17F6N3O4S. The number of aromatic nitrogens is 2. The molecule has 1 aromatic heterocycles. The van der Waals surface area contributed by atoms with E-state index in [-0.39, 0.29) is 34.5 Å². The lowest BCUT2D eigenvalue weighted by Gasteiger charge is -2.32. The van der Waals surface area contributed by atoms with Crippen molar-refractivity contribution in [3.05, 3.63) is 47.7 Å². The molecule has 1 amide bonds. The first-order chi connectivity index (χ1) is 15.1. The number of amides is 1. The second kappa shape index (κ2) is 8.56. The van der Waals surface area contributed by atoms with Gasteiger partial charge in [0.05, 0.1) is 17.9 Å². The van der Waals surface area contributed by atoms with Gasteiger partial charge in [0.15, 0.2) is 14.9 Å². The van der Waals surface area contributed by atoms with Crippen LogP contribution in [0.25, 0.3) is 0 Å². The number of sulfone groups is 1. The van der Waals surface area contributed by atoms with Crippen LogP contribution in [-0.4, -0.2) is 47.7 Å². The van der Waals surface area contributed by atoms with Gasteiger partial charge >= 0.3 is 12.4 Å². The Bertz CT molecular complexity index is 1100. The maximum Gasteiger partial charge on any atom is 0.430 e. The van der Waals surface area contributed by atoms with Crippen molar-refractivity contribution in [2.45, 2.75) is 42.2 Å². The molecule has 0 radical (unpaired) electrons. The average molecular weight is 497 g/mol. The molecule has 0 atom stereocenters. The van der Waals surface area contributed by atoms with Crippen molar-refractivity contribution in [1.29, 1.82) is 0 Å². The van der Waals surface area contributed by atoms with Crippen LogP contribution in [-0.2, 0) is 26.7 Å². The highest BCUT2D eigenvalue weighted by Crippen LogP contribution is 2.50. The highest BCUT2D eigenvalue weighted by Gasteiger charge is 2.71. The Labute approximate surface area is 183 Å². The first-order valence-corrected chi connectivity index (χ1v) is 11.1. The Morgan fingerprint density at radius 2 is 1.55 bits per heavy atom. The molecule has 33 heavy (non-hydrogen) atoms. The second-order valence-corrected chi connectivity index (χ2v) is 9.58. The van der Waals surface area contributed by atoms with Gasteiger partial charge in [0.1, 0.15) is 0 Å². The number of nitrogens with zero attached hydrogens (tertiary/aromatic N) is 2. The van der Waals surface area contributed by atoms with Crippen molar-refractivity contribution in [3.8, 4) is 0 Å². The summed E-state index contributed by atoms with van der Waals surface area (Å²) < 4.78 is 102. The lowest BCUT2D eigenvalue weighted by atomic mass is 9.92. The molecule has 1 aliphatic carbocycles. The van der Waals surface area contributed by atoms with Gasteiger partial charge in [-0.2, -0.15) is 31.4 Å². The third-order valence-electron chi connectivity index (χ3n) is 4.91. The molecule has 1 saturated carbocycles. The van der Waals surface area contributed by atoms with Crippen LogP contribution in [0.4, 0.5) is 32.0 Å². The van der Waals surface area contributed by atoms with Gasteiger partial charge in [-0.3, -0.25) is 4.79 Å². The number of alkyl halides is 6. The number of rotatable bonds is 7. The summed E-state index contributed by atoms with van der Waals surface area (Å²) in [5.74, 6) is -0.653. The molecule has 14 heteroatoms. The average Bonchev–Trinajstić information content (AvgIpc) is 3.50. The standard InChI is InChI=1S/C19H17F6N3O4S/c20-18(21,22)17(30,19(23,24)25)12-3-5-13(6-4-12)26-15(29)9-14-7-8-16(28-27-14)33(31,32)10-11-1-2-11/h3-8,11,30H,1-2,9-10H2,(H,26,29). The molecule has 2 aromatic rings. The summed E-state index contributed by atoms with van der Waals surface area (Å²) in [5, 5.41) is 18.7. The van der Waals surface area contributed by atoms with Gasteiger partial charge in [-0.25, -0.2) is 8.42 Å². The van der Waals surface area contributed by atoms with Gasteiger partial charge in [-0.15, -0.1) is 5.10 Å². The molecule has 7 nitrogen and oxygen atoms in total. The van der Waals surface area contributed by atoms with Crippen LogP contribution >= 0.6 is 0 Å². The highest BCUT2D eigenvalue weighted by atomic mass is 32.2. The van der Waals surface area contributed by atoms with E-state index in [1.807, 2.05) is 0 Å². The minimum absolute atomic E-state index is 0.0324. The van der Waals surface area contributed by atoms with Gasteiger partial charge in [-0.1, -0.05) is 12.1 Å². The van der Waals surface area contributed by atoms with Crippen molar-refractivity contribution in [3.63, 3.8) is 0 Å². The Balaban J connectivity index is 1.66. The molecule has 3 rings (SSSR count). The van der Waals surface area contributed by atoms with Crippen molar-refractivity contribution >= 4 is 21.4 Å². The molecule has 0 saturated heterocycles. The molecule has 180 valence electrons. The number of hydrogen-bond acceptors (Lipinski definition) is 6. The van der Waals surface area contributed by atoms with Crippen LogP contribution in [0.2, 0.25) is 0 Å². The van der Waals surface area contributed by atoms with E-state index in [4.69, 9.17) is 0 Å². The van der Waals surface area contributed by atoms with Gasteiger partial charge in [0.2, 0.25) is 5.91 Å². The molecule has 1 fully saturated rings. The number of carbonyl (C=O) groups is 1. The molecule has 2 N–H and O–H groups in total. The summed E-state index contributed by atoms with van der Waals surface area (Å²) in [4.78, 5) is 12.1. The fraction of sp³-hybridized carbons (Fsp3) is 0.421. The van der Waals surface area contributed by atoms with E-state index < -0.39 is 39.3 Å². The Kier molecular flexibility index (Phi) is 6.45. The molecule has 0 aliphatic heterocycles. The van der Waals surface area contributed by atoms with Crippen LogP contribution in [0.1, 0.15) is 24.1 Å². The van der Waals surface area contributed by atoms with Crippen LogP contribution < -0.4 is 5.32 Å². The minimum atomic E-state index is -6.02. The number of nitrogens with one attached hydrogen (secondary N) is 1. The fourth-order valence-electron chi connectivity index (χ4n) is 2.94. The molecule has 0 spiro atoms. The lowest BCUT2D eigenvalue weighted by Crippen LogP contribution is -2.53. The van der Waals surface area contributed by atoms with E-state index in [0.717, 1.165) is 25.0 Å². The van der Waals surface area contributed by atoms with Crippen LogP contribution in [0.15, 0.2) is 41.4 Å². The van der Waals surface area contributed by atoms with E-state index in [1.54, 1.807) is 0 Å². The largest absolute Gasteiger partial charge is 0.430 e. The number of hydrogen-bond donors (Lipinski definition) is 2. The quantitative estimate of drug-likeness (QED) is 0.569.